The van der Waals surface area contributed by atoms with E-state index in [0.717, 1.165) is 5.56 Å². The minimum atomic E-state index is -2.49. The van der Waals surface area contributed by atoms with Gasteiger partial charge in [-0.15, -0.1) is 12.4 Å². The van der Waals surface area contributed by atoms with Gasteiger partial charge >= 0.3 is 0 Å². The Kier molecular flexibility index (Phi) is 6.18. The molecule has 1 amide bonds. The molecule has 1 saturated heterocycles. The molecule has 0 atom stereocenters. The molecule has 1 aromatic carbocycles. The number of rotatable bonds is 5. The van der Waals surface area contributed by atoms with Gasteiger partial charge in [0.15, 0.2) is 0 Å². The Labute approximate surface area is 117 Å². The molecule has 2 rings (SSSR count). The highest BCUT2D eigenvalue weighted by molar-refractivity contribution is 5.85. The number of amides is 1. The monoisotopic (exact) mass is 290 g/mol. The van der Waals surface area contributed by atoms with Gasteiger partial charge in [0.1, 0.15) is 0 Å². The molecule has 0 radical (unpaired) electrons. The molecule has 0 saturated carbocycles. The van der Waals surface area contributed by atoms with E-state index < -0.39 is 13.0 Å². The van der Waals surface area contributed by atoms with Crippen LogP contribution in [0.3, 0.4) is 0 Å². The van der Waals surface area contributed by atoms with Crippen LogP contribution in [0.4, 0.5) is 8.78 Å². The first-order valence-corrected chi connectivity index (χ1v) is 5.98. The van der Waals surface area contributed by atoms with E-state index in [2.05, 4.69) is 5.32 Å². The maximum atomic E-state index is 12.5. The number of alkyl halides is 2. The summed E-state index contributed by atoms with van der Waals surface area (Å²) in [4.78, 5) is 13.3. The van der Waals surface area contributed by atoms with Crippen LogP contribution in [-0.4, -0.2) is 36.9 Å². The minimum absolute atomic E-state index is 0. The van der Waals surface area contributed by atoms with E-state index in [1.54, 1.807) is 0 Å². The number of benzene rings is 1. The molecule has 1 aliphatic heterocycles. The third-order valence-corrected chi connectivity index (χ3v) is 3.02. The second kappa shape index (κ2) is 7.40. The van der Waals surface area contributed by atoms with Crippen molar-refractivity contribution in [2.45, 2.75) is 13.0 Å². The molecule has 106 valence electrons. The predicted octanol–water partition coefficient (Wildman–Crippen LogP) is 1.92. The number of nitrogens with one attached hydrogen (secondary N) is 1. The lowest BCUT2D eigenvalue weighted by atomic mass is 10.0. The van der Waals surface area contributed by atoms with Crippen LogP contribution in [0.15, 0.2) is 30.3 Å². The van der Waals surface area contributed by atoms with E-state index in [1.165, 1.54) is 4.90 Å². The van der Waals surface area contributed by atoms with Gasteiger partial charge in [-0.1, -0.05) is 30.3 Å². The van der Waals surface area contributed by atoms with Crippen molar-refractivity contribution in [1.29, 1.82) is 0 Å². The van der Waals surface area contributed by atoms with Crippen molar-refractivity contribution in [3.05, 3.63) is 35.9 Å². The van der Waals surface area contributed by atoms with Crippen molar-refractivity contribution in [3.63, 3.8) is 0 Å². The summed E-state index contributed by atoms with van der Waals surface area (Å²) in [5.74, 6) is -0.328. The summed E-state index contributed by atoms with van der Waals surface area (Å²) in [5.41, 5.74) is 0.874. The van der Waals surface area contributed by atoms with Gasteiger partial charge in [0.05, 0.1) is 12.5 Å². The molecule has 1 heterocycles. The first-order valence-electron chi connectivity index (χ1n) is 5.98. The Balaban J connectivity index is 0.00000180. The van der Waals surface area contributed by atoms with Crippen LogP contribution in [0.25, 0.3) is 0 Å². The van der Waals surface area contributed by atoms with Crippen molar-refractivity contribution < 1.29 is 13.6 Å². The molecule has 0 bridgehead atoms. The minimum Gasteiger partial charge on any atom is -0.332 e. The number of halogens is 3. The van der Waals surface area contributed by atoms with Gasteiger partial charge in [0, 0.05) is 19.6 Å². The maximum Gasteiger partial charge on any atom is 0.255 e. The molecule has 3 nitrogen and oxygen atoms in total. The smallest absolute Gasteiger partial charge is 0.255 e. The number of carbonyl (C=O) groups is 1. The number of hydrogen-bond acceptors (Lipinski definition) is 2. The fraction of sp³-hybridized carbons (Fsp3) is 0.462. The summed E-state index contributed by atoms with van der Waals surface area (Å²) >= 11 is 0. The van der Waals surface area contributed by atoms with Crippen molar-refractivity contribution in [3.8, 4) is 0 Å². The van der Waals surface area contributed by atoms with Crippen LogP contribution in [0, 0.1) is 5.92 Å². The molecule has 1 N–H and O–H groups in total. The first kappa shape index (κ1) is 15.9. The van der Waals surface area contributed by atoms with E-state index in [4.69, 9.17) is 0 Å². The van der Waals surface area contributed by atoms with Gasteiger partial charge in [0.25, 0.3) is 6.43 Å². The average Bonchev–Trinajstić information content (AvgIpc) is 2.26. The summed E-state index contributed by atoms with van der Waals surface area (Å²) in [6, 6.07) is 9.21. The fourth-order valence-corrected chi connectivity index (χ4v) is 1.92. The Hall–Kier alpha value is -1.20. The van der Waals surface area contributed by atoms with E-state index in [0.29, 0.717) is 13.1 Å². The van der Waals surface area contributed by atoms with Gasteiger partial charge in [0.2, 0.25) is 5.91 Å². The SMILES string of the molecule is Cl.O=C(C1CNC1)N(Cc1ccccc1)CC(F)F. The van der Waals surface area contributed by atoms with Crippen LogP contribution in [0.1, 0.15) is 5.56 Å². The quantitative estimate of drug-likeness (QED) is 0.899. The van der Waals surface area contributed by atoms with Crippen molar-refractivity contribution >= 4 is 18.3 Å². The normalized spacial score (nSPS) is 14.7. The zero-order valence-electron chi connectivity index (χ0n) is 10.4. The van der Waals surface area contributed by atoms with Gasteiger partial charge < -0.3 is 10.2 Å². The number of nitrogens with zero attached hydrogens (tertiary/aromatic N) is 1. The van der Waals surface area contributed by atoms with Crippen molar-refractivity contribution in [1.82, 2.24) is 10.2 Å². The molecule has 1 fully saturated rings. The second-order valence-corrected chi connectivity index (χ2v) is 4.45. The molecule has 0 aliphatic carbocycles. The molecule has 1 aliphatic rings. The van der Waals surface area contributed by atoms with Crippen molar-refractivity contribution in [2.24, 2.45) is 5.92 Å². The standard InChI is InChI=1S/C13H16F2N2O.ClH/c14-12(15)9-17(13(18)11-6-16-7-11)8-10-4-2-1-3-5-10;/h1-5,11-12,16H,6-9H2;1H. The fourth-order valence-electron chi connectivity index (χ4n) is 1.92. The Morgan fingerprint density at radius 2 is 1.95 bits per heavy atom. The van der Waals surface area contributed by atoms with E-state index >= 15 is 0 Å². The lowest BCUT2D eigenvalue weighted by molar-refractivity contribution is -0.139. The van der Waals surface area contributed by atoms with Crippen LogP contribution < -0.4 is 5.32 Å². The summed E-state index contributed by atoms with van der Waals surface area (Å²) in [7, 11) is 0. The molecule has 19 heavy (non-hydrogen) atoms. The zero-order chi connectivity index (χ0) is 13.0. The van der Waals surface area contributed by atoms with Gasteiger partial charge in [-0.3, -0.25) is 4.79 Å². The third kappa shape index (κ3) is 4.44. The zero-order valence-corrected chi connectivity index (χ0v) is 11.2. The van der Waals surface area contributed by atoms with Gasteiger partial charge in [-0.25, -0.2) is 8.78 Å². The first-order chi connectivity index (χ1) is 8.66. The lowest BCUT2D eigenvalue weighted by Gasteiger charge is -2.32. The topological polar surface area (TPSA) is 32.3 Å². The van der Waals surface area contributed by atoms with Crippen LogP contribution in [0.2, 0.25) is 0 Å². The van der Waals surface area contributed by atoms with Crippen molar-refractivity contribution in [2.75, 3.05) is 19.6 Å². The highest BCUT2D eigenvalue weighted by Crippen LogP contribution is 2.13. The molecule has 0 aromatic heterocycles. The van der Waals surface area contributed by atoms with Crippen LogP contribution in [0.5, 0.6) is 0 Å². The molecular weight excluding hydrogens is 274 g/mol. The predicted molar refractivity (Wildman–Crippen MR) is 71.5 cm³/mol. The third-order valence-electron chi connectivity index (χ3n) is 3.02. The molecular formula is C13H17ClF2N2O. The molecule has 0 unspecified atom stereocenters. The maximum absolute atomic E-state index is 12.5. The number of hydrogen-bond donors (Lipinski definition) is 1. The number of carbonyl (C=O) groups excluding carboxylic acids is 1. The summed E-state index contributed by atoms with van der Waals surface area (Å²) in [6.07, 6.45) is -2.49. The van der Waals surface area contributed by atoms with E-state index in [-0.39, 0.29) is 30.8 Å². The Morgan fingerprint density at radius 1 is 1.32 bits per heavy atom. The Morgan fingerprint density at radius 3 is 2.42 bits per heavy atom. The average molecular weight is 291 g/mol. The molecule has 0 spiro atoms. The highest BCUT2D eigenvalue weighted by atomic mass is 35.5. The second-order valence-electron chi connectivity index (χ2n) is 4.45. The van der Waals surface area contributed by atoms with E-state index in [9.17, 15) is 13.6 Å². The summed E-state index contributed by atoms with van der Waals surface area (Å²) in [5, 5.41) is 2.98. The highest BCUT2D eigenvalue weighted by Gasteiger charge is 2.30. The summed E-state index contributed by atoms with van der Waals surface area (Å²) < 4.78 is 25.0. The van der Waals surface area contributed by atoms with Crippen LogP contribution in [-0.2, 0) is 11.3 Å². The van der Waals surface area contributed by atoms with Crippen LogP contribution >= 0.6 is 12.4 Å². The largest absolute Gasteiger partial charge is 0.332 e. The van der Waals surface area contributed by atoms with Gasteiger partial charge in [-0.2, -0.15) is 0 Å². The summed E-state index contributed by atoms with van der Waals surface area (Å²) in [6.45, 7) is 0.936. The molecule has 1 aromatic rings. The van der Waals surface area contributed by atoms with E-state index in [1.807, 2.05) is 30.3 Å². The molecule has 6 heteroatoms. The van der Waals surface area contributed by atoms with Gasteiger partial charge in [-0.05, 0) is 5.56 Å². The lowest BCUT2D eigenvalue weighted by Crippen LogP contribution is -2.52. The Bertz CT molecular complexity index is 399.